The van der Waals surface area contributed by atoms with Crippen LogP contribution in [-0.2, 0) is 25.7 Å². The molecule has 2 atom stereocenters. The van der Waals surface area contributed by atoms with E-state index in [-0.39, 0.29) is 11.1 Å². The summed E-state index contributed by atoms with van der Waals surface area (Å²) in [4.78, 5) is 34.4. The van der Waals surface area contributed by atoms with Crippen LogP contribution in [0.15, 0.2) is 194 Å². The number of nitrogens with zero attached hydrogens (tertiary/aromatic N) is 4. The predicted molar refractivity (Wildman–Crippen MR) is 590 cm³/mol. The van der Waals surface area contributed by atoms with Crippen molar-refractivity contribution in [3.63, 3.8) is 0 Å². The van der Waals surface area contributed by atoms with Gasteiger partial charge in [0.1, 0.15) is 23.1 Å². The quantitative estimate of drug-likeness (QED) is 0.0354. The maximum absolute atomic E-state index is 17.8. The molecule has 136 heavy (non-hydrogen) atoms. The van der Waals surface area contributed by atoms with E-state index in [0.29, 0.717) is 34.8 Å². The number of unbranched alkanes of at least 4 members (excludes halogenated alkanes) is 22. The average Bonchev–Trinajstić information content (AvgIpc) is 1.54. The molecule has 0 aliphatic heterocycles. The lowest BCUT2D eigenvalue weighted by molar-refractivity contribution is 0.304. The van der Waals surface area contributed by atoms with Crippen molar-refractivity contribution in [1.82, 2.24) is 19.9 Å². The molecule has 8 aromatic heterocycles. The lowest BCUT2D eigenvalue weighted by Crippen LogP contribution is -2.01. The summed E-state index contributed by atoms with van der Waals surface area (Å²) in [6.07, 6.45) is 42.8. The molecule has 0 fully saturated rings. The van der Waals surface area contributed by atoms with E-state index in [0.717, 1.165) is 180 Å². The van der Waals surface area contributed by atoms with Gasteiger partial charge in [-0.3, -0.25) is 0 Å². The van der Waals surface area contributed by atoms with Crippen molar-refractivity contribution in [2.75, 3.05) is 13.2 Å². The zero-order valence-corrected chi connectivity index (χ0v) is 87.2. The van der Waals surface area contributed by atoms with E-state index in [4.69, 9.17) is 29.4 Å². The average molecular weight is 1920 g/mol. The summed E-state index contributed by atoms with van der Waals surface area (Å²) in [6, 6.07) is 69.0. The fraction of sp³-hybridized carbons (Fsp3) is 0.410. The van der Waals surface area contributed by atoms with Crippen molar-refractivity contribution >= 4 is 110 Å². The molecule has 16 aromatic rings. The number of aromatic nitrogens is 4. The van der Waals surface area contributed by atoms with E-state index in [1.807, 2.05) is 69.6 Å². The van der Waals surface area contributed by atoms with Gasteiger partial charge in [-0.15, -0.1) is 68.0 Å². The number of aryl methyl sites for hydroxylation is 4. The summed E-state index contributed by atoms with van der Waals surface area (Å²) in [6.45, 7) is 24.1. The van der Waals surface area contributed by atoms with Crippen LogP contribution in [0.4, 0.5) is 8.78 Å². The second kappa shape index (κ2) is 49.5. The topological polar surface area (TPSA) is 70.0 Å². The molecule has 2 unspecified atom stereocenters. The van der Waals surface area contributed by atoms with Gasteiger partial charge in [0.15, 0.2) is 0 Å². The first-order chi connectivity index (χ1) is 66.7. The Labute approximate surface area is 833 Å². The van der Waals surface area contributed by atoms with Gasteiger partial charge >= 0.3 is 0 Å². The summed E-state index contributed by atoms with van der Waals surface area (Å²) >= 11 is 10.7. The summed E-state index contributed by atoms with van der Waals surface area (Å²) in [5, 5.41) is 2.59. The van der Waals surface area contributed by atoms with Crippen molar-refractivity contribution in [3.8, 4) is 130 Å². The van der Waals surface area contributed by atoms with Gasteiger partial charge < -0.3 is 9.47 Å². The van der Waals surface area contributed by atoms with E-state index in [1.165, 1.54) is 269 Å². The molecule has 0 spiro atoms. The van der Waals surface area contributed by atoms with Crippen molar-refractivity contribution in [2.24, 2.45) is 11.8 Å². The normalized spacial score (nSPS) is 12.3. The molecule has 0 radical (unpaired) electrons. The molecular formula is C122H140F2N4O2S6. The molecule has 14 heteroatoms. The molecule has 0 aliphatic rings. The van der Waals surface area contributed by atoms with Gasteiger partial charge in [-0.2, -0.15) is 0 Å². The second-order valence-corrected chi connectivity index (χ2v) is 45.0. The highest BCUT2D eigenvalue weighted by Gasteiger charge is 2.30. The van der Waals surface area contributed by atoms with E-state index in [1.54, 1.807) is 0 Å². The molecule has 6 nitrogen and oxygen atoms in total. The number of hydrogen-bond donors (Lipinski definition) is 0. The maximum Gasteiger partial charge on any atom is 0.132 e. The zero-order valence-electron chi connectivity index (χ0n) is 82.3. The SMILES string of the molecule is CCCCCCCCOc1cccc(-c2nc3c(C)ccc(-c4ccc(-c5cc(F)c(-c6ccc(-c7ccc(-c8cc9c(-c%10ccc(CC(CC)CCCC)s%10)c%10sc(C)cc%10c(-c%10ccc(CC(CC)CCCC)s%10)c9s8)c8nc(-c9cccc(CCCCCCCC)c9)c(-c9cccc(OCCCCCCCC)c9)nc78)s6)cc5F)s4)c3nc2-c2cccc(CCCCCCCC)c2)c1. The number of halogens is 2. The first-order valence-electron chi connectivity index (χ1n) is 51.9. The summed E-state index contributed by atoms with van der Waals surface area (Å²) in [5.74, 6) is 1.90. The van der Waals surface area contributed by atoms with Gasteiger partial charge in [0.2, 0.25) is 0 Å². The number of rotatable bonds is 53. The van der Waals surface area contributed by atoms with Crippen molar-refractivity contribution < 1.29 is 18.3 Å². The van der Waals surface area contributed by atoms with Crippen LogP contribution in [0.3, 0.4) is 0 Å². The lowest BCUT2D eigenvalue weighted by Gasteiger charge is -2.16. The summed E-state index contributed by atoms with van der Waals surface area (Å²) in [7, 11) is 0. The molecule has 0 saturated heterocycles. The number of benzene rings is 8. The van der Waals surface area contributed by atoms with E-state index in [9.17, 15) is 0 Å². The number of thiophene rings is 6. The Balaban J connectivity index is 0.810. The minimum Gasteiger partial charge on any atom is -0.494 e. The zero-order chi connectivity index (χ0) is 94.2. The number of ether oxygens (including phenoxy) is 2. The predicted octanol–water partition coefficient (Wildman–Crippen LogP) is 40.3. The fourth-order valence-electron chi connectivity index (χ4n) is 19.8. The molecule has 710 valence electrons. The summed E-state index contributed by atoms with van der Waals surface area (Å²) < 4.78 is 51.4. The highest BCUT2D eigenvalue weighted by molar-refractivity contribution is 7.25. The molecule has 8 aromatic carbocycles. The first kappa shape index (κ1) is 99.6. The standard InChI is InChI=1S/C122H140F2N4O2S6/c1-11-19-25-29-33-37-47-85-49-41-51-87(72-85)114-116(89-53-43-55-91(76-89)129-69-39-35-31-27-21-13-3)125-113-81(9)57-60-95(118(113)126-114)104-65-67-106(134-104)98-78-103(124)99(79-102(98)123)107-68-66-105(135-107)96-61-62-97(120-119(96)128-117(90-54-44-56-92(77-90)130-70-40-36-32-28-22-14-4)115(127-120)88-52-42-50-86(73-88)48-38-34-30-26-20-12-2)110-80-101-112(109-64-59-94(133-109)75-84(18-8)46-24-16-6)121-100(71-82(10)131-121)111(122(101)136-110)108-63-58-93(132-108)74-83(17-7)45-23-15-5/h41-44,49-68,71-73,76-80,83-84H,11-40,45-48,69-70,74-75H2,1-10H3. The van der Waals surface area contributed by atoms with Crippen LogP contribution in [0.5, 0.6) is 11.5 Å². The Hall–Kier alpha value is -9.38. The third-order valence-corrected chi connectivity index (χ3v) is 34.5. The Morgan fingerprint density at radius 3 is 1.10 bits per heavy atom. The first-order valence-corrected chi connectivity index (χ1v) is 56.8. The lowest BCUT2D eigenvalue weighted by atomic mass is 9.95. The Morgan fingerprint density at radius 2 is 0.654 bits per heavy atom. The summed E-state index contributed by atoms with van der Waals surface area (Å²) in [5.41, 5.74) is 19.4. The van der Waals surface area contributed by atoms with Gasteiger partial charge in [-0.25, -0.2) is 28.7 Å². The van der Waals surface area contributed by atoms with Crippen LogP contribution in [0.25, 0.3) is 160 Å². The molecular weight excluding hydrogens is 1780 g/mol. The number of hydrogen-bond acceptors (Lipinski definition) is 12. The molecule has 8 heterocycles. The smallest absolute Gasteiger partial charge is 0.132 e. The maximum atomic E-state index is 17.8. The fourth-order valence-corrected chi connectivity index (χ4v) is 26.7. The Kier molecular flexibility index (Phi) is 36.2. The molecule has 0 saturated carbocycles. The minimum atomic E-state index is -0.506. The van der Waals surface area contributed by atoms with Crippen LogP contribution >= 0.6 is 68.0 Å². The van der Waals surface area contributed by atoms with Gasteiger partial charge in [0.25, 0.3) is 0 Å². The van der Waals surface area contributed by atoms with Crippen molar-refractivity contribution in [2.45, 2.75) is 300 Å². The van der Waals surface area contributed by atoms with E-state index >= 15 is 8.78 Å². The van der Waals surface area contributed by atoms with Gasteiger partial charge in [0, 0.05) is 130 Å². The van der Waals surface area contributed by atoms with Crippen molar-refractivity contribution in [1.29, 1.82) is 0 Å². The van der Waals surface area contributed by atoms with Gasteiger partial charge in [-0.05, 0) is 203 Å². The highest BCUT2D eigenvalue weighted by Crippen LogP contribution is 2.56. The van der Waals surface area contributed by atoms with Crippen LogP contribution in [0.2, 0.25) is 0 Å². The minimum absolute atomic E-state index is 0.197. The van der Waals surface area contributed by atoms with Crippen LogP contribution in [0.1, 0.15) is 292 Å². The molecule has 0 bridgehead atoms. The molecule has 16 rings (SSSR count). The number of fused-ring (bicyclic) bond motifs is 4. The van der Waals surface area contributed by atoms with E-state index in [2.05, 4.69) is 227 Å². The molecule has 0 amide bonds. The monoisotopic (exact) mass is 1920 g/mol. The third kappa shape index (κ3) is 24.5. The molecule has 0 N–H and O–H groups in total. The van der Waals surface area contributed by atoms with Crippen LogP contribution < -0.4 is 9.47 Å². The van der Waals surface area contributed by atoms with E-state index < -0.39 is 11.6 Å². The van der Waals surface area contributed by atoms with Gasteiger partial charge in [-0.1, -0.05) is 320 Å². The Bertz CT molecular complexity index is 6520. The Morgan fingerprint density at radius 1 is 0.294 bits per heavy atom. The highest BCUT2D eigenvalue weighted by atomic mass is 32.1. The van der Waals surface area contributed by atoms with Crippen molar-refractivity contribution in [3.05, 3.63) is 237 Å². The van der Waals surface area contributed by atoms with Gasteiger partial charge in [0.05, 0.1) is 58.1 Å². The van der Waals surface area contributed by atoms with Crippen LogP contribution in [-0.4, -0.2) is 33.1 Å². The second-order valence-electron chi connectivity index (χ2n) is 38.2. The largest absolute Gasteiger partial charge is 0.494 e. The van der Waals surface area contributed by atoms with Crippen LogP contribution in [0, 0.1) is 37.3 Å². The molecule has 0 aliphatic carbocycles. The third-order valence-electron chi connectivity index (χ3n) is 27.7.